The van der Waals surface area contributed by atoms with E-state index >= 15 is 0 Å². The molecule has 1 N–H and O–H groups in total. The van der Waals surface area contributed by atoms with Crippen molar-refractivity contribution in [1.29, 1.82) is 0 Å². The maximum Gasteiger partial charge on any atom is 0.270 e. The van der Waals surface area contributed by atoms with Crippen molar-refractivity contribution >= 4 is 33.0 Å². The minimum Gasteiger partial charge on any atom is -0.271 e. The van der Waals surface area contributed by atoms with Crippen LogP contribution >= 0.6 is 0 Å². The number of benzene rings is 3. The first-order valence-electron chi connectivity index (χ1n) is 10.3. The summed E-state index contributed by atoms with van der Waals surface area (Å²) in [6, 6.07) is 19.0. The number of carbonyl (C=O) groups is 1. The van der Waals surface area contributed by atoms with Crippen LogP contribution in [0.25, 0.3) is 0 Å². The van der Waals surface area contributed by atoms with Crippen LogP contribution in [0.4, 0.5) is 11.4 Å². The maximum absolute atomic E-state index is 13.4. The summed E-state index contributed by atoms with van der Waals surface area (Å²) in [5, 5.41) is 15.0. The normalized spacial score (nSPS) is 11.7. The van der Waals surface area contributed by atoms with Gasteiger partial charge in [0.2, 0.25) is 0 Å². The van der Waals surface area contributed by atoms with Crippen LogP contribution in [0, 0.1) is 24.0 Å². The van der Waals surface area contributed by atoms with Crippen molar-refractivity contribution < 1.29 is 18.1 Å². The molecule has 3 rings (SSSR count). The standard InChI is InChI=1S/C24H24N4O5S/c1-17-7-11-21(12-8-17)27(34(32,33)23-13-9-18(2)10-14-23)16-24(29)26-25-19(3)20-5-4-6-22(15-20)28(30)31/h4-15H,16H2,1-3H3,(H,26,29)/b25-19-. The Morgan fingerprint density at radius 2 is 1.59 bits per heavy atom. The molecular weight excluding hydrogens is 456 g/mol. The molecule has 0 saturated carbocycles. The van der Waals surface area contributed by atoms with E-state index in [9.17, 15) is 23.3 Å². The van der Waals surface area contributed by atoms with E-state index in [0.717, 1.165) is 15.4 Å². The highest BCUT2D eigenvalue weighted by Crippen LogP contribution is 2.24. The van der Waals surface area contributed by atoms with Gasteiger partial charge in [-0.25, -0.2) is 13.8 Å². The molecule has 0 aliphatic heterocycles. The number of nitrogens with zero attached hydrogens (tertiary/aromatic N) is 3. The molecule has 0 aromatic heterocycles. The van der Waals surface area contributed by atoms with E-state index in [1.807, 2.05) is 13.8 Å². The average molecular weight is 481 g/mol. The summed E-state index contributed by atoms with van der Waals surface area (Å²) < 4.78 is 27.8. The fourth-order valence-corrected chi connectivity index (χ4v) is 4.51. The molecule has 10 heteroatoms. The van der Waals surface area contributed by atoms with Crippen LogP contribution in [-0.4, -0.2) is 31.5 Å². The van der Waals surface area contributed by atoms with Crippen molar-refractivity contribution in [1.82, 2.24) is 5.43 Å². The summed E-state index contributed by atoms with van der Waals surface area (Å²) in [6.07, 6.45) is 0. The van der Waals surface area contributed by atoms with E-state index in [1.165, 1.54) is 30.3 Å². The van der Waals surface area contributed by atoms with Gasteiger partial charge < -0.3 is 0 Å². The summed E-state index contributed by atoms with van der Waals surface area (Å²) in [5.41, 5.74) is 5.22. The average Bonchev–Trinajstić information content (AvgIpc) is 2.82. The molecule has 9 nitrogen and oxygen atoms in total. The smallest absolute Gasteiger partial charge is 0.270 e. The second-order valence-electron chi connectivity index (χ2n) is 7.70. The van der Waals surface area contributed by atoms with Gasteiger partial charge >= 0.3 is 0 Å². The fraction of sp³-hybridized carbons (Fsp3) is 0.167. The Hall–Kier alpha value is -4.05. The molecule has 0 bridgehead atoms. The molecule has 1 amide bonds. The van der Waals surface area contributed by atoms with Gasteiger partial charge in [-0.05, 0) is 45.0 Å². The van der Waals surface area contributed by atoms with E-state index < -0.39 is 27.4 Å². The Morgan fingerprint density at radius 3 is 2.18 bits per heavy atom. The first kappa shape index (κ1) is 24.6. The molecule has 3 aromatic rings. The van der Waals surface area contributed by atoms with Gasteiger partial charge in [0, 0.05) is 17.7 Å². The number of hydrogen-bond donors (Lipinski definition) is 1. The fourth-order valence-electron chi connectivity index (χ4n) is 3.08. The lowest BCUT2D eigenvalue weighted by molar-refractivity contribution is -0.384. The number of carbonyl (C=O) groups excluding carboxylic acids is 1. The molecule has 34 heavy (non-hydrogen) atoms. The van der Waals surface area contributed by atoms with Crippen LogP contribution in [-0.2, 0) is 14.8 Å². The summed E-state index contributed by atoms with van der Waals surface area (Å²) in [4.78, 5) is 23.2. The lowest BCUT2D eigenvalue weighted by Crippen LogP contribution is -2.39. The zero-order valence-corrected chi connectivity index (χ0v) is 19.7. The predicted molar refractivity (Wildman–Crippen MR) is 130 cm³/mol. The Labute approximate surface area is 197 Å². The van der Waals surface area contributed by atoms with E-state index in [-0.39, 0.29) is 10.6 Å². The van der Waals surface area contributed by atoms with Gasteiger partial charge in [-0.1, -0.05) is 47.5 Å². The third-order valence-electron chi connectivity index (χ3n) is 5.04. The number of anilines is 1. The van der Waals surface area contributed by atoms with Crippen molar-refractivity contribution in [3.8, 4) is 0 Å². The Bertz CT molecular complexity index is 1330. The highest BCUT2D eigenvalue weighted by atomic mass is 32.2. The highest BCUT2D eigenvalue weighted by Gasteiger charge is 2.27. The maximum atomic E-state index is 13.4. The van der Waals surface area contributed by atoms with Crippen molar-refractivity contribution in [3.63, 3.8) is 0 Å². The Morgan fingerprint density at radius 1 is 1.00 bits per heavy atom. The van der Waals surface area contributed by atoms with E-state index in [1.54, 1.807) is 49.4 Å². The molecule has 0 unspecified atom stereocenters. The lowest BCUT2D eigenvalue weighted by atomic mass is 10.1. The minimum atomic E-state index is -4.04. The monoisotopic (exact) mass is 480 g/mol. The number of aryl methyl sites for hydroxylation is 2. The number of sulfonamides is 1. The van der Waals surface area contributed by atoms with Crippen molar-refractivity contribution in [2.45, 2.75) is 25.7 Å². The molecular formula is C24H24N4O5S. The minimum absolute atomic E-state index is 0.0581. The molecule has 0 spiro atoms. The van der Waals surface area contributed by atoms with Crippen LogP contribution in [0.1, 0.15) is 23.6 Å². The Kier molecular flexibility index (Phi) is 7.42. The number of rotatable bonds is 8. The van der Waals surface area contributed by atoms with Crippen LogP contribution in [0.3, 0.4) is 0 Å². The molecule has 0 atom stereocenters. The van der Waals surface area contributed by atoms with Crippen LogP contribution in [0.15, 0.2) is 82.8 Å². The van der Waals surface area contributed by atoms with Crippen LogP contribution < -0.4 is 9.73 Å². The number of amides is 1. The van der Waals surface area contributed by atoms with Crippen molar-refractivity contribution in [2.75, 3.05) is 10.8 Å². The second kappa shape index (κ2) is 10.3. The summed E-state index contributed by atoms with van der Waals surface area (Å²) >= 11 is 0. The number of non-ortho nitro benzene ring substituents is 1. The second-order valence-corrected chi connectivity index (χ2v) is 9.56. The van der Waals surface area contributed by atoms with Gasteiger partial charge in [0.05, 0.1) is 21.2 Å². The third kappa shape index (κ3) is 5.84. The zero-order valence-electron chi connectivity index (χ0n) is 18.9. The molecule has 0 heterocycles. The quantitative estimate of drug-likeness (QED) is 0.297. The summed E-state index contributed by atoms with van der Waals surface area (Å²) in [5.74, 6) is -0.666. The van der Waals surface area contributed by atoms with E-state index in [2.05, 4.69) is 10.5 Å². The summed E-state index contributed by atoms with van der Waals surface area (Å²) in [6.45, 7) is 4.80. The number of hydrazone groups is 1. The van der Waals surface area contributed by atoms with Crippen LogP contribution in [0.2, 0.25) is 0 Å². The molecule has 176 valence electrons. The molecule has 0 radical (unpaired) electrons. The first-order chi connectivity index (χ1) is 16.1. The van der Waals surface area contributed by atoms with Crippen LogP contribution in [0.5, 0.6) is 0 Å². The highest BCUT2D eigenvalue weighted by molar-refractivity contribution is 7.92. The molecule has 0 aliphatic carbocycles. The number of nitro groups is 1. The molecule has 0 aliphatic rings. The topological polar surface area (TPSA) is 122 Å². The van der Waals surface area contributed by atoms with Gasteiger partial charge in [0.15, 0.2) is 0 Å². The zero-order chi connectivity index (χ0) is 24.9. The molecule has 3 aromatic carbocycles. The predicted octanol–water partition coefficient (Wildman–Crippen LogP) is 3.95. The number of hydrogen-bond acceptors (Lipinski definition) is 6. The SMILES string of the molecule is C/C(=N/NC(=O)CN(c1ccc(C)cc1)S(=O)(=O)c1ccc(C)cc1)c1cccc([N+](=O)[O-])c1. The number of nitro benzene ring substituents is 1. The summed E-state index contributed by atoms with van der Waals surface area (Å²) in [7, 11) is -4.04. The van der Waals surface area contributed by atoms with Gasteiger partial charge in [-0.15, -0.1) is 0 Å². The van der Waals surface area contributed by atoms with Gasteiger partial charge in [-0.2, -0.15) is 5.10 Å². The van der Waals surface area contributed by atoms with Crippen molar-refractivity contribution in [2.24, 2.45) is 5.10 Å². The van der Waals surface area contributed by atoms with Crippen molar-refractivity contribution in [3.05, 3.63) is 99.6 Å². The van der Waals surface area contributed by atoms with Gasteiger partial charge in [0.1, 0.15) is 6.54 Å². The van der Waals surface area contributed by atoms with Gasteiger partial charge in [0.25, 0.3) is 21.6 Å². The molecule has 0 saturated heterocycles. The van der Waals surface area contributed by atoms with E-state index in [0.29, 0.717) is 17.0 Å². The molecule has 0 fully saturated rings. The first-order valence-corrected chi connectivity index (χ1v) is 11.8. The lowest BCUT2D eigenvalue weighted by Gasteiger charge is -2.24. The number of nitrogens with one attached hydrogen (secondary N) is 1. The van der Waals surface area contributed by atoms with E-state index in [4.69, 9.17) is 0 Å². The Balaban J connectivity index is 1.86. The largest absolute Gasteiger partial charge is 0.271 e. The van der Waals surface area contributed by atoms with Gasteiger partial charge in [-0.3, -0.25) is 19.2 Å². The third-order valence-corrected chi connectivity index (χ3v) is 6.83.